The molecule has 0 aliphatic rings. The molecule has 17 heavy (non-hydrogen) atoms. The van der Waals surface area contributed by atoms with Crippen molar-refractivity contribution in [3.8, 4) is 5.69 Å². The smallest absolute Gasteiger partial charge is 0.366 e. The third-order valence-corrected chi connectivity index (χ3v) is 1.99. The summed E-state index contributed by atoms with van der Waals surface area (Å²) in [5.74, 6) is -1.56. The molecule has 9 heteroatoms. The summed E-state index contributed by atoms with van der Waals surface area (Å²) in [5, 5.41) is 9.87. The molecule has 90 valence electrons. The fraction of sp³-hybridized carbons (Fsp3) is 0.125. The average Bonchev–Trinajstić information content (AvgIpc) is 2.63. The minimum Gasteiger partial charge on any atom is -0.366 e. The molecule has 5 nitrogen and oxygen atoms in total. The number of aromatic nitrogens is 4. The van der Waals surface area contributed by atoms with E-state index in [1.807, 2.05) is 0 Å². The standard InChI is InChI=1S/C8H5F4N5/c9-6-2-1-4(3-5(6)8(10,11)12)17-7(13)14-15-16-17/h1-3H,(H2,13,14,16). The molecule has 0 unspecified atom stereocenters. The van der Waals surface area contributed by atoms with Crippen LogP contribution in [-0.2, 0) is 6.18 Å². The van der Waals surface area contributed by atoms with Crippen molar-refractivity contribution in [1.29, 1.82) is 0 Å². The first kappa shape index (κ1) is 11.3. The molecule has 0 atom stereocenters. The van der Waals surface area contributed by atoms with Crippen molar-refractivity contribution in [1.82, 2.24) is 20.2 Å². The highest BCUT2D eigenvalue weighted by molar-refractivity contribution is 5.40. The summed E-state index contributed by atoms with van der Waals surface area (Å²) in [6, 6.07) is 2.36. The van der Waals surface area contributed by atoms with E-state index in [-0.39, 0.29) is 11.6 Å². The van der Waals surface area contributed by atoms with Crippen LogP contribution in [-0.4, -0.2) is 20.2 Å². The zero-order chi connectivity index (χ0) is 12.6. The van der Waals surface area contributed by atoms with Crippen molar-refractivity contribution in [2.75, 3.05) is 5.73 Å². The van der Waals surface area contributed by atoms with Gasteiger partial charge in [0.15, 0.2) is 0 Å². The number of nitrogen functional groups attached to an aromatic ring is 1. The van der Waals surface area contributed by atoms with Gasteiger partial charge in [-0.15, -0.1) is 0 Å². The minimum atomic E-state index is -4.79. The largest absolute Gasteiger partial charge is 0.419 e. The topological polar surface area (TPSA) is 69.6 Å². The van der Waals surface area contributed by atoms with Crippen LogP contribution in [0.4, 0.5) is 23.5 Å². The van der Waals surface area contributed by atoms with Gasteiger partial charge in [0.05, 0.1) is 11.3 Å². The van der Waals surface area contributed by atoms with Crippen LogP contribution in [0.2, 0.25) is 0 Å². The minimum absolute atomic E-state index is 0.0683. The Hall–Kier alpha value is -2.19. The molecule has 0 saturated carbocycles. The van der Waals surface area contributed by atoms with Gasteiger partial charge in [-0.2, -0.15) is 17.9 Å². The molecule has 0 saturated heterocycles. The molecular formula is C8H5F4N5. The highest BCUT2D eigenvalue weighted by Crippen LogP contribution is 2.32. The van der Waals surface area contributed by atoms with Crippen LogP contribution >= 0.6 is 0 Å². The zero-order valence-corrected chi connectivity index (χ0v) is 8.11. The van der Waals surface area contributed by atoms with Gasteiger partial charge < -0.3 is 5.73 Å². The summed E-state index contributed by atoms with van der Waals surface area (Å²) < 4.78 is 51.2. The second kappa shape index (κ2) is 3.68. The van der Waals surface area contributed by atoms with E-state index in [4.69, 9.17) is 5.73 Å². The van der Waals surface area contributed by atoms with Crippen molar-refractivity contribution in [3.63, 3.8) is 0 Å². The number of benzene rings is 1. The van der Waals surface area contributed by atoms with Gasteiger partial charge >= 0.3 is 6.18 Å². The molecule has 2 rings (SSSR count). The maximum Gasteiger partial charge on any atom is 0.419 e. The Kier molecular flexibility index (Phi) is 2.45. The molecule has 0 spiro atoms. The maximum absolute atomic E-state index is 13.0. The number of hydrogen-bond donors (Lipinski definition) is 1. The van der Waals surface area contributed by atoms with Gasteiger partial charge in [0, 0.05) is 0 Å². The fourth-order valence-electron chi connectivity index (χ4n) is 1.24. The third-order valence-electron chi connectivity index (χ3n) is 1.99. The lowest BCUT2D eigenvalue weighted by atomic mass is 10.2. The maximum atomic E-state index is 13.0. The summed E-state index contributed by atoms with van der Waals surface area (Å²) in [5.41, 5.74) is 3.86. The van der Waals surface area contributed by atoms with E-state index in [1.54, 1.807) is 0 Å². The lowest BCUT2D eigenvalue weighted by Gasteiger charge is -2.09. The Bertz CT molecular complexity index is 547. The number of rotatable bonds is 1. The molecule has 2 aromatic rings. The van der Waals surface area contributed by atoms with E-state index < -0.39 is 17.6 Å². The van der Waals surface area contributed by atoms with Gasteiger partial charge in [-0.25, -0.2) is 4.39 Å². The Morgan fingerprint density at radius 3 is 2.47 bits per heavy atom. The first-order valence-electron chi connectivity index (χ1n) is 4.30. The van der Waals surface area contributed by atoms with Crippen LogP contribution in [0, 0.1) is 5.82 Å². The highest BCUT2D eigenvalue weighted by Gasteiger charge is 2.34. The molecule has 0 amide bonds. The van der Waals surface area contributed by atoms with Gasteiger partial charge in [0.2, 0.25) is 5.95 Å². The second-order valence-corrected chi connectivity index (χ2v) is 3.11. The Morgan fingerprint density at radius 1 is 1.24 bits per heavy atom. The normalized spacial score (nSPS) is 11.8. The Morgan fingerprint density at radius 2 is 1.94 bits per heavy atom. The van der Waals surface area contributed by atoms with Crippen molar-refractivity contribution in [3.05, 3.63) is 29.6 Å². The van der Waals surface area contributed by atoms with Gasteiger partial charge in [-0.3, -0.25) is 0 Å². The van der Waals surface area contributed by atoms with Crippen LogP contribution in [0.5, 0.6) is 0 Å². The Balaban J connectivity index is 2.56. The number of nitrogens with two attached hydrogens (primary N) is 1. The molecule has 0 aliphatic heterocycles. The lowest BCUT2D eigenvalue weighted by Crippen LogP contribution is -2.10. The summed E-state index contributed by atoms with van der Waals surface area (Å²) in [6.45, 7) is 0. The number of tetrazole rings is 1. The molecule has 0 fully saturated rings. The van der Waals surface area contributed by atoms with E-state index >= 15 is 0 Å². The summed E-state index contributed by atoms with van der Waals surface area (Å²) in [7, 11) is 0. The van der Waals surface area contributed by atoms with Crippen molar-refractivity contribution >= 4 is 5.95 Å². The molecule has 1 heterocycles. The van der Waals surface area contributed by atoms with Crippen LogP contribution in [0.25, 0.3) is 5.69 Å². The van der Waals surface area contributed by atoms with E-state index in [9.17, 15) is 17.6 Å². The van der Waals surface area contributed by atoms with E-state index in [0.717, 1.165) is 10.7 Å². The summed E-state index contributed by atoms with van der Waals surface area (Å²) in [6.07, 6.45) is -4.79. The predicted molar refractivity (Wildman–Crippen MR) is 48.5 cm³/mol. The van der Waals surface area contributed by atoms with Crippen LogP contribution in [0.1, 0.15) is 5.56 Å². The molecule has 2 N–H and O–H groups in total. The average molecular weight is 247 g/mol. The number of anilines is 1. The van der Waals surface area contributed by atoms with E-state index in [0.29, 0.717) is 12.1 Å². The highest BCUT2D eigenvalue weighted by atomic mass is 19.4. The van der Waals surface area contributed by atoms with Crippen LogP contribution < -0.4 is 5.73 Å². The van der Waals surface area contributed by atoms with E-state index in [2.05, 4.69) is 15.5 Å². The molecule has 1 aromatic heterocycles. The van der Waals surface area contributed by atoms with Crippen molar-refractivity contribution in [2.45, 2.75) is 6.18 Å². The van der Waals surface area contributed by atoms with Crippen molar-refractivity contribution < 1.29 is 17.6 Å². The number of hydrogen-bond acceptors (Lipinski definition) is 4. The molecule has 0 radical (unpaired) electrons. The second-order valence-electron chi connectivity index (χ2n) is 3.11. The van der Waals surface area contributed by atoms with Gasteiger partial charge in [0.25, 0.3) is 0 Å². The van der Waals surface area contributed by atoms with Gasteiger partial charge in [-0.05, 0) is 28.6 Å². The first-order chi connectivity index (χ1) is 7.89. The first-order valence-corrected chi connectivity index (χ1v) is 4.30. The van der Waals surface area contributed by atoms with Gasteiger partial charge in [-0.1, -0.05) is 5.10 Å². The monoisotopic (exact) mass is 247 g/mol. The fourth-order valence-corrected chi connectivity index (χ4v) is 1.24. The molecular weight excluding hydrogens is 242 g/mol. The number of halogens is 4. The number of alkyl halides is 3. The summed E-state index contributed by atoms with van der Waals surface area (Å²) >= 11 is 0. The van der Waals surface area contributed by atoms with E-state index in [1.165, 1.54) is 0 Å². The third kappa shape index (κ3) is 2.03. The number of nitrogens with zero attached hydrogens (tertiary/aromatic N) is 4. The molecule has 0 bridgehead atoms. The van der Waals surface area contributed by atoms with Crippen LogP contribution in [0.15, 0.2) is 18.2 Å². The summed E-state index contributed by atoms with van der Waals surface area (Å²) in [4.78, 5) is 0. The molecule has 1 aromatic carbocycles. The predicted octanol–water partition coefficient (Wildman–Crippen LogP) is 1.40. The zero-order valence-electron chi connectivity index (χ0n) is 8.11. The SMILES string of the molecule is Nc1nnnn1-c1ccc(F)c(C(F)(F)F)c1. The van der Waals surface area contributed by atoms with Crippen LogP contribution in [0.3, 0.4) is 0 Å². The quantitative estimate of drug-likeness (QED) is 0.773. The van der Waals surface area contributed by atoms with Gasteiger partial charge in [0.1, 0.15) is 5.82 Å². The lowest BCUT2D eigenvalue weighted by molar-refractivity contribution is -0.140. The Labute approximate surface area is 91.8 Å². The molecule has 0 aliphatic carbocycles. The van der Waals surface area contributed by atoms with Crippen molar-refractivity contribution in [2.24, 2.45) is 0 Å².